The number of rotatable bonds is 4. The molecule has 0 aromatic heterocycles. The Hall–Kier alpha value is -0.820. The van der Waals surface area contributed by atoms with Crippen molar-refractivity contribution in [2.75, 3.05) is 12.3 Å². The molecule has 1 fully saturated rings. The first-order chi connectivity index (χ1) is 9.78. The Morgan fingerprint density at radius 2 is 2.05 bits per heavy atom. The van der Waals surface area contributed by atoms with Crippen molar-refractivity contribution in [3.05, 3.63) is 23.2 Å². The van der Waals surface area contributed by atoms with E-state index in [-0.39, 0.29) is 17.2 Å². The summed E-state index contributed by atoms with van der Waals surface area (Å²) in [5.74, 6) is 0.556. The number of halogens is 1. The van der Waals surface area contributed by atoms with Gasteiger partial charge in [0.25, 0.3) is 0 Å². The summed E-state index contributed by atoms with van der Waals surface area (Å²) in [6.07, 6.45) is 3.05. The third kappa shape index (κ3) is 3.69. The summed E-state index contributed by atoms with van der Waals surface area (Å²) < 4.78 is 27.6. The van der Waals surface area contributed by atoms with Crippen molar-refractivity contribution in [3.63, 3.8) is 0 Å². The summed E-state index contributed by atoms with van der Waals surface area (Å²) in [5, 5.41) is 9.98. The summed E-state index contributed by atoms with van der Waals surface area (Å²) in [5.41, 5.74) is 5.10. The molecule has 0 amide bonds. The van der Waals surface area contributed by atoms with Crippen LogP contribution in [0.3, 0.4) is 0 Å². The van der Waals surface area contributed by atoms with Crippen LogP contribution in [0.5, 0.6) is 0 Å². The number of aliphatic hydroxyl groups excluding tert-OH is 1. The van der Waals surface area contributed by atoms with Crippen molar-refractivity contribution >= 4 is 27.3 Å². The van der Waals surface area contributed by atoms with E-state index >= 15 is 0 Å². The molecule has 0 bridgehead atoms. The van der Waals surface area contributed by atoms with Gasteiger partial charge in [0.2, 0.25) is 10.0 Å². The molecule has 2 rings (SSSR count). The lowest BCUT2D eigenvalue weighted by atomic mass is 9.78. The molecule has 21 heavy (non-hydrogen) atoms. The van der Waals surface area contributed by atoms with E-state index in [4.69, 9.17) is 17.3 Å². The SMILES string of the molecule is CC1CCC(CO)(NS(=O)(=O)c2ccc(Cl)c(N)c2)CC1. The standard InChI is InChI=1S/C14H21ClN2O3S/c1-10-4-6-14(9-18,7-5-10)17-21(19,20)11-2-3-12(15)13(16)8-11/h2-3,8,10,17-18H,4-7,9,16H2,1H3. The molecule has 4 N–H and O–H groups in total. The maximum Gasteiger partial charge on any atom is 0.241 e. The fourth-order valence-corrected chi connectivity index (χ4v) is 4.24. The molecule has 1 aromatic carbocycles. The largest absolute Gasteiger partial charge is 0.397 e. The molecule has 1 saturated carbocycles. The number of nitrogens with two attached hydrogens (primary N) is 1. The first-order valence-corrected chi connectivity index (χ1v) is 8.84. The van der Waals surface area contributed by atoms with Gasteiger partial charge in [0.05, 0.1) is 27.8 Å². The number of nitrogen functional groups attached to an aromatic ring is 1. The maximum atomic E-state index is 12.5. The molecule has 1 aliphatic carbocycles. The molecule has 118 valence electrons. The van der Waals surface area contributed by atoms with E-state index in [1.807, 2.05) is 0 Å². The van der Waals surface area contributed by atoms with Gasteiger partial charge in [-0.25, -0.2) is 13.1 Å². The average Bonchev–Trinajstić information content (AvgIpc) is 2.44. The van der Waals surface area contributed by atoms with Crippen molar-refractivity contribution in [2.45, 2.75) is 43.0 Å². The molecular formula is C14H21ClN2O3S. The molecule has 7 heteroatoms. The zero-order valence-electron chi connectivity index (χ0n) is 12.0. The lowest BCUT2D eigenvalue weighted by Gasteiger charge is -2.38. The van der Waals surface area contributed by atoms with E-state index in [1.54, 1.807) is 0 Å². The van der Waals surface area contributed by atoms with Gasteiger partial charge in [0.1, 0.15) is 0 Å². The van der Waals surface area contributed by atoms with Crippen LogP contribution in [0.25, 0.3) is 0 Å². The second-order valence-electron chi connectivity index (χ2n) is 5.91. The second kappa shape index (κ2) is 6.12. The van der Waals surface area contributed by atoms with Crippen LogP contribution in [0, 0.1) is 5.92 Å². The Morgan fingerprint density at radius 3 is 2.57 bits per heavy atom. The van der Waals surface area contributed by atoms with Crippen LogP contribution in [0.2, 0.25) is 5.02 Å². The molecule has 0 radical (unpaired) electrons. The number of nitrogens with one attached hydrogen (secondary N) is 1. The van der Waals surface area contributed by atoms with Crippen molar-refractivity contribution in [2.24, 2.45) is 5.92 Å². The van der Waals surface area contributed by atoms with Gasteiger partial charge in [0, 0.05) is 0 Å². The normalized spacial score (nSPS) is 26.7. The summed E-state index contributed by atoms with van der Waals surface area (Å²) >= 11 is 5.81. The third-order valence-corrected chi connectivity index (χ3v) is 6.08. The Kier molecular flexibility index (Phi) is 4.82. The van der Waals surface area contributed by atoms with E-state index in [9.17, 15) is 13.5 Å². The molecule has 0 heterocycles. The Morgan fingerprint density at radius 1 is 1.43 bits per heavy atom. The van der Waals surface area contributed by atoms with E-state index in [0.717, 1.165) is 12.8 Å². The van der Waals surface area contributed by atoms with Crippen LogP contribution in [0.4, 0.5) is 5.69 Å². The number of anilines is 1. The van der Waals surface area contributed by atoms with Gasteiger partial charge >= 0.3 is 0 Å². The van der Waals surface area contributed by atoms with Gasteiger partial charge in [-0.2, -0.15) is 0 Å². The van der Waals surface area contributed by atoms with E-state index in [2.05, 4.69) is 11.6 Å². The van der Waals surface area contributed by atoms with Gasteiger partial charge in [0.15, 0.2) is 0 Å². The zero-order valence-corrected chi connectivity index (χ0v) is 13.5. The van der Waals surface area contributed by atoms with Crippen LogP contribution < -0.4 is 10.5 Å². The Labute approximate surface area is 130 Å². The highest BCUT2D eigenvalue weighted by atomic mass is 35.5. The lowest BCUT2D eigenvalue weighted by molar-refractivity contribution is 0.125. The summed E-state index contributed by atoms with van der Waals surface area (Å²) in [4.78, 5) is 0.0656. The monoisotopic (exact) mass is 332 g/mol. The highest BCUT2D eigenvalue weighted by molar-refractivity contribution is 7.89. The smallest absolute Gasteiger partial charge is 0.241 e. The number of hydrogen-bond acceptors (Lipinski definition) is 4. The van der Waals surface area contributed by atoms with Crippen molar-refractivity contribution < 1.29 is 13.5 Å². The number of sulfonamides is 1. The fraction of sp³-hybridized carbons (Fsp3) is 0.571. The van der Waals surface area contributed by atoms with Crippen LogP contribution in [-0.4, -0.2) is 25.7 Å². The number of hydrogen-bond donors (Lipinski definition) is 3. The van der Waals surface area contributed by atoms with Crippen LogP contribution in [0.15, 0.2) is 23.1 Å². The number of aliphatic hydroxyl groups is 1. The fourth-order valence-electron chi connectivity index (χ4n) is 2.64. The van der Waals surface area contributed by atoms with Crippen molar-refractivity contribution in [1.29, 1.82) is 0 Å². The zero-order chi connectivity index (χ0) is 15.7. The minimum absolute atomic E-state index is 0.0656. The molecular weight excluding hydrogens is 312 g/mol. The second-order valence-corrected chi connectivity index (χ2v) is 8.00. The third-order valence-electron chi connectivity index (χ3n) is 4.16. The van der Waals surface area contributed by atoms with E-state index < -0.39 is 15.6 Å². The minimum atomic E-state index is -3.74. The first kappa shape index (κ1) is 16.5. The van der Waals surface area contributed by atoms with Crippen LogP contribution >= 0.6 is 11.6 Å². The molecule has 0 spiro atoms. The molecule has 0 unspecified atom stereocenters. The summed E-state index contributed by atoms with van der Waals surface area (Å²) in [6, 6.07) is 4.21. The van der Waals surface area contributed by atoms with Crippen LogP contribution in [-0.2, 0) is 10.0 Å². The van der Waals surface area contributed by atoms with Crippen molar-refractivity contribution in [1.82, 2.24) is 4.72 Å². The van der Waals surface area contributed by atoms with E-state index in [0.29, 0.717) is 23.8 Å². The van der Waals surface area contributed by atoms with Gasteiger partial charge < -0.3 is 10.8 Å². The number of benzene rings is 1. The van der Waals surface area contributed by atoms with Gasteiger partial charge in [-0.15, -0.1) is 0 Å². The highest BCUT2D eigenvalue weighted by Crippen LogP contribution is 2.33. The maximum absolute atomic E-state index is 12.5. The molecule has 5 nitrogen and oxygen atoms in total. The molecule has 0 aliphatic heterocycles. The molecule has 1 aliphatic rings. The molecule has 1 aromatic rings. The highest BCUT2D eigenvalue weighted by Gasteiger charge is 2.37. The quantitative estimate of drug-likeness (QED) is 0.736. The van der Waals surface area contributed by atoms with Gasteiger partial charge in [-0.3, -0.25) is 0 Å². The predicted octanol–water partition coefficient (Wildman–Crippen LogP) is 2.14. The average molecular weight is 333 g/mol. The summed E-state index contributed by atoms with van der Waals surface area (Å²) in [6.45, 7) is 1.93. The van der Waals surface area contributed by atoms with E-state index in [1.165, 1.54) is 18.2 Å². The van der Waals surface area contributed by atoms with Gasteiger partial charge in [-0.1, -0.05) is 18.5 Å². The van der Waals surface area contributed by atoms with Crippen molar-refractivity contribution in [3.8, 4) is 0 Å². The lowest BCUT2D eigenvalue weighted by Crippen LogP contribution is -2.53. The minimum Gasteiger partial charge on any atom is -0.397 e. The van der Waals surface area contributed by atoms with Crippen LogP contribution in [0.1, 0.15) is 32.6 Å². The molecule has 0 saturated heterocycles. The Bertz CT molecular complexity index is 611. The first-order valence-electron chi connectivity index (χ1n) is 6.98. The Balaban J connectivity index is 2.25. The molecule has 0 atom stereocenters. The summed E-state index contributed by atoms with van der Waals surface area (Å²) in [7, 11) is -3.74. The predicted molar refractivity (Wildman–Crippen MR) is 83.6 cm³/mol. The van der Waals surface area contributed by atoms with Gasteiger partial charge in [-0.05, 0) is 49.8 Å². The topological polar surface area (TPSA) is 92.4 Å².